The summed E-state index contributed by atoms with van der Waals surface area (Å²) in [5, 5.41) is 0. The van der Waals surface area contributed by atoms with Crippen molar-refractivity contribution in [2.24, 2.45) is 10.8 Å². The second-order valence-electron chi connectivity index (χ2n) is 4.72. The second kappa shape index (κ2) is 4.39. The van der Waals surface area contributed by atoms with Crippen LogP contribution in [-0.2, 0) is 0 Å². The predicted octanol–water partition coefficient (Wildman–Crippen LogP) is 1.23. The number of nitrogens with zero attached hydrogens (tertiary/aromatic N) is 2. The fourth-order valence-electron chi connectivity index (χ4n) is 2.41. The molecule has 2 fully saturated rings. The van der Waals surface area contributed by atoms with Gasteiger partial charge in [-0.3, -0.25) is 5.43 Å². The van der Waals surface area contributed by atoms with Gasteiger partial charge in [0.1, 0.15) is 0 Å². The van der Waals surface area contributed by atoms with Gasteiger partial charge in [0.05, 0.1) is 6.04 Å². The molecular formula is C11H22N4. The summed E-state index contributed by atoms with van der Waals surface area (Å²) >= 11 is 0. The smallest absolute Gasteiger partial charge is 0.209 e. The lowest BCUT2D eigenvalue weighted by molar-refractivity contribution is 0.309. The van der Waals surface area contributed by atoms with Crippen molar-refractivity contribution in [2.75, 3.05) is 0 Å². The maximum Gasteiger partial charge on any atom is 0.209 e. The molecule has 0 aromatic heterocycles. The summed E-state index contributed by atoms with van der Waals surface area (Å²) in [5.74, 6) is 6.50. The van der Waals surface area contributed by atoms with Gasteiger partial charge in [-0.15, -0.1) is 0 Å². The molecule has 2 aliphatic rings. The monoisotopic (exact) mass is 210 g/mol. The summed E-state index contributed by atoms with van der Waals surface area (Å²) in [5.41, 5.74) is 2.79. The van der Waals surface area contributed by atoms with Gasteiger partial charge in [-0.2, -0.15) is 0 Å². The fraction of sp³-hybridized carbons (Fsp3) is 0.909. The third kappa shape index (κ3) is 2.25. The van der Waals surface area contributed by atoms with Gasteiger partial charge in [0, 0.05) is 12.1 Å². The molecule has 3 N–H and O–H groups in total. The molecule has 15 heavy (non-hydrogen) atoms. The van der Waals surface area contributed by atoms with Crippen LogP contribution in [0.25, 0.3) is 0 Å². The maximum absolute atomic E-state index is 5.59. The molecule has 2 unspecified atom stereocenters. The average Bonchev–Trinajstić information content (AvgIpc) is 2.98. The van der Waals surface area contributed by atoms with E-state index in [4.69, 9.17) is 5.84 Å². The summed E-state index contributed by atoms with van der Waals surface area (Å²) in [6, 6.07) is 1.72. The number of aliphatic imine (C=N–C) groups is 1. The lowest BCUT2D eigenvalue weighted by atomic mass is 10.2. The van der Waals surface area contributed by atoms with Crippen molar-refractivity contribution in [1.29, 1.82) is 0 Å². The maximum atomic E-state index is 5.59. The Morgan fingerprint density at radius 2 is 2.13 bits per heavy atom. The molecule has 1 saturated carbocycles. The Hall–Kier alpha value is -0.770. The molecule has 0 aromatic carbocycles. The molecule has 1 heterocycles. The van der Waals surface area contributed by atoms with Gasteiger partial charge in [0.15, 0.2) is 0 Å². The highest BCUT2D eigenvalue weighted by Crippen LogP contribution is 2.28. The van der Waals surface area contributed by atoms with Crippen LogP contribution < -0.4 is 11.3 Å². The SMILES string of the molecule is CCC1CCC(C)N1C(=NC1CC1)NN. The molecule has 1 saturated heterocycles. The third-order valence-corrected chi connectivity index (χ3v) is 3.48. The zero-order valence-electron chi connectivity index (χ0n) is 9.74. The summed E-state index contributed by atoms with van der Waals surface area (Å²) in [6.07, 6.45) is 6.15. The topological polar surface area (TPSA) is 53.6 Å². The number of rotatable bonds is 2. The number of hydrazine groups is 1. The number of likely N-dealkylation sites (tertiary alicyclic amines) is 1. The van der Waals surface area contributed by atoms with Gasteiger partial charge >= 0.3 is 0 Å². The molecule has 0 radical (unpaired) electrons. The van der Waals surface area contributed by atoms with Crippen LogP contribution >= 0.6 is 0 Å². The molecule has 0 amide bonds. The summed E-state index contributed by atoms with van der Waals surface area (Å²) < 4.78 is 0. The van der Waals surface area contributed by atoms with Crippen molar-refractivity contribution in [3.8, 4) is 0 Å². The van der Waals surface area contributed by atoms with Crippen molar-refractivity contribution in [3.05, 3.63) is 0 Å². The zero-order valence-corrected chi connectivity index (χ0v) is 9.74. The highest BCUT2D eigenvalue weighted by molar-refractivity contribution is 5.80. The van der Waals surface area contributed by atoms with Gasteiger partial charge in [-0.1, -0.05) is 6.92 Å². The Morgan fingerprint density at radius 1 is 1.40 bits per heavy atom. The number of nitrogens with one attached hydrogen (secondary N) is 1. The number of nitrogens with two attached hydrogens (primary N) is 1. The number of hydrogen-bond donors (Lipinski definition) is 2. The largest absolute Gasteiger partial charge is 0.336 e. The van der Waals surface area contributed by atoms with Crippen LogP contribution in [0.1, 0.15) is 46.0 Å². The number of hydrogen-bond acceptors (Lipinski definition) is 2. The van der Waals surface area contributed by atoms with Gasteiger partial charge in [0.25, 0.3) is 0 Å². The molecule has 4 heteroatoms. The molecule has 1 aliphatic heterocycles. The van der Waals surface area contributed by atoms with Crippen LogP contribution in [0.2, 0.25) is 0 Å². The standard InChI is InChI=1S/C11H22N4/c1-3-10-7-4-8(2)15(10)11(14-12)13-9-5-6-9/h8-10H,3-7,12H2,1-2H3,(H,13,14). The van der Waals surface area contributed by atoms with E-state index < -0.39 is 0 Å². The Bertz CT molecular complexity index is 247. The highest BCUT2D eigenvalue weighted by atomic mass is 15.4. The minimum absolute atomic E-state index is 0.529. The molecule has 0 aromatic rings. The van der Waals surface area contributed by atoms with E-state index in [0.717, 1.165) is 5.96 Å². The lowest BCUT2D eigenvalue weighted by Crippen LogP contribution is -2.49. The molecule has 0 spiro atoms. The van der Waals surface area contributed by atoms with E-state index in [2.05, 4.69) is 29.2 Å². The number of guanidine groups is 1. The fourth-order valence-corrected chi connectivity index (χ4v) is 2.41. The minimum Gasteiger partial charge on any atom is -0.336 e. The first-order valence-electron chi connectivity index (χ1n) is 6.09. The third-order valence-electron chi connectivity index (χ3n) is 3.48. The average molecular weight is 210 g/mol. The Labute approximate surface area is 91.9 Å². The predicted molar refractivity (Wildman–Crippen MR) is 62.4 cm³/mol. The van der Waals surface area contributed by atoms with Crippen LogP contribution in [-0.4, -0.2) is 29.0 Å². The van der Waals surface area contributed by atoms with Gasteiger partial charge in [0.2, 0.25) is 5.96 Å². The van der Waals surface area contributed by atoms with E-state index in [-0.39, 0.29) is 0 Å². The Balaban J connectivity index is 2.10. The van der Waals surface area contributed by atoms with Crippen LogP contribution in [0.4, 0.5) is 0 Å². The summed E-state index contributed by atoms with van der Waals surface area (Å²) in [7, 11) is 0. The van der Waals surface area contributed by atoms with Crippen molar-refractivity contribution in [2.45, 2.75) is 64.1 Å². The van der Waals surface area contributed by atoms with E-state index in [0.29, 0.717) is 18.1 Å². The van der Waals surface area contributed by atoms with Crippen molar-refractivity contribution in [1.82, 2.24) is 10.3 Å². The highest BCUT2D eigenvalue weighted by Gasteiger charge is 2.33. The van der Waals surface area contributed by atoms with E-state index >= 15 is 0 Å². The van der Waals surface area contributed by atoms with Crippen molar-refractivity contribution < 1.29 is 0 Å². The van der Waals surface area contributed by atoms with E-state index in [1.54, 1.807) is 0 Å². The normalized spacial score (nSPS) is 32.2. The molecule has 1 aliphatic carbocycles. The van der Waals surface area contributed by atoms with Gasteiger partial charge in [-0.05, 0) is 39.0 Å². The lowest BCUT2D eigenvalue weighted by Gasteiger charge is -2.30. The molecule has 2 atom stereocenters. The van der Waals surface area contributed by atoms with Crippen LogP contribution in [0.3, 0.4) is 0 Å². The summed E-state index contributed by atoms with van der Waals surface area (Å²) in [4.78, 5) is 7.02. The molecule has 2 rings (SSSR count). The zero-order chi connectivity index (χ0) is 10.8. The van der Waals surface area contributed by atoms with E-state index in [9.17, 15) is 0 Å². The first-order valence-corrected chi connectivity index (χ1v) is 6.09. The Kier molecular flexibility index (Phi) is 3.14. The molecular weight excluding hydrogens is 188 g/mol. The van der Waals surface area contributed by atoms with E-state index in [1.807, 2.05) is 0 Å². The molecule has 0 bridgehead atoms. The van der Waals surface area contributed by atoms with Crippen molar-refractivity contribution in [3.63, 3.8) is 0 Å². The molecule has 86 valence electrons. The second-order valence-corrected chi connectivity index (χ2v) is 4.72. The Morgan fingerprint density at radius 3 is 2.67 bits per heavy atom. The van der Waals surface area contributed by atoms with Crippen LogP contribution in [0.5, 0.6) is 0 Å². The first-order chi connectivity index (χ1) is 7.26. The molecule has 4 nitrogen and oxygen atoms in total. The van der Waals surface area contributed by atoms with Gasteiger partial charge < -0.3 is 4.90 Å². The van der Waals surface area contributed by atoms with Crippen LogP contribution in [0, 0.1) is 0 Å². The van der Waals surface area contributed by atoms with Crippen LogP contribution in [0.15, 0.2) is 4.99 Å². The quantitative estimate of drug-likeness (QED) is 0.312. The van der Waals surface area contributed by atoms with E-state index in [1.165, 1.54) is 32.1 Å². The first kappa shape index (κ1) is 10.7. The van der Waals surface area contributed by atoms with Gasteiger partial charge in [-0.25, -0.2) is 10.8 Å². The summed E-state index contributed by atoms with van der Waals surface area (Å²) in [6.45, 7) is 4.50. The minimum atomic E-state index is 0.529. The van der Waals surface area contributed by atoms with Crippen molar-refractivity contribution >= 4 is 5.96 Å².